The monoisotopic (exact) mass is 264 g/mol. The van der Waals surface area contributed by atoms with Gasteiger partial charge in [-0.3, -0.25) is 9.59 Å². The van der Waals surface area contributed by atoms with Crippen molar-refractivity contribution in [1.82, 2.24) is 5.32 Å². The summed E-state index contributed by atoms with van der Waals surface area (Å²) in [6.07, 6.45) is 1.80. The second-order valence-electron chi connectivity index (χ2n) is 4.19. The maximum absolute atomic E-state index is 11.5. The first-order valence-electron chi connectivity index (χ1n) is 5.25. The molecule has 0 aliphatic heterocycles. The molecular formula is C10H20N2O4S. The first-order valence-corrected chi connectivity index (χ1v) is 6.64. The van der Waals surface area contributed by atoms with Crippen LogP contribution in [-0.2, 0) is 9.59 Å². The van der Waals surface area contributed by atoms with E-state index in [1.54, 1.807) is 6.92 Å². The summed E-state index contributed by atoms with van der Waals surface area (Å²) >= 11 is 1.47. The van der Waals surface area contributed by atoms with Crippen LogP contribution in [0.1, 0.15) is 19.8 Å². The fraction of sp³-hybridized carbons (Fsp3) is 0.800. The van der Waals surface area contributed by atoms with Crippen LogP contribution in [0.4, 0.5) is 0 Å². The number of hydrogen-bond donors (Lipinski definition) is 4. The Balaban J connectivity index is 3.96. The molecule has 0 saturated heterocycles. The highest BCUT2D eigenvalue weighted by molar-refractivity contribution is 7.98. The van der Waals surface area contributed by atoms with Crippen LogP contribution in [0.2, 0.25) is 0 Å². The minimum atomic E-state index is -0.985. The summed E-state index contributed by atoms with van der Waals surface area (Å²) in [6.45, 7) is 1.72. The van der Waals surface area contributed by atoms with Gasteiger partial charge in [-0.25, -0.2) is 0 Å². The number of thioether (sulfide) groups is 1. The molecule has 7 heteroatoms. The highest BCUT2D eigenvalue weighted by atomic mass is 32.2. The number of aliphatic carboxylic acids is 1. The highest BCUT2D eigenvalue weighted by Gasteiger charge is 2.22. The van der Waals surface area contributed by atoms with Crippen LogP contribution in [-0.4, -0.2) is 52.3 Å². The van der Waals surface area contributed by atoms with Gasteiger partial charge in [-0.15, -0.1) is 0 Å². The Morgan fingerprint density at radius 1 is 1.53 bits per heavy atom. The average Bonchev–Trinajstić information content (AvgIpc) is 2.22. The SMILES string of the molecule is CSCC(C)(O)CNC(=O)C(N)CCC(=O)O. The summed E-state index contributed by atoms with van der Waals surface area (Å²) < 4.78 is 0. The summed E-state index contributed by atoms with van der Waals surface area (Å²) in [6, 6.07) is -0.851. The Morgan fingerprint density at radius 2 is 2.12 bits per heavy atom. The molecule has 17 heavy (non-hydrogen) atoms. The fourth-order valence-corrected chi connectivity index (χ4v) is 1.90. The van der Waals surface area contributed by atoms with E-state index in [0.717, 1.165) is 0 Å². The third-order valence-corrected chi connectivity index (χ3v) is 3.02. The van der Waals surface area contributed by atoms with Gasteiger partial charge < -0.3 is 21.3 Å². The molecule has 0 bridgehead atoms. The summed E-state index contributed by atoms with van der Waals surface area (Å²) in [5, 5.41) is 20.7. The van der Waals surface area contributed by atoms with E-state index >= 15 is 0 Å². The lowest BCUT2D eigenvalue weighted by atomic mass is 10.1. The number of carboxylic acids is 1. The van der Waals surface area contributed by atoms with Gasteiger partial charge in [-0.1, -0.05) is 0 Å². The first-order chi connectivity index (χ1) is 7.78. The van der Waals surface area contributed by atoms with Gasteiger partial charge in [0.05, 0.1) is 11.6 Å². The van der Waals surface area contributed by atoms with Gasteiger partial charge in [-0.2, -0.15) is 11.8 Å². The smallest absolute Gasteiger partial charge is 0.303 e. The van der Waals surface area contributed by atoms with Crippen molar-refractivity contribution >= 4 is 23.6 Å². The first kappa shape index (κ1) is 16.2. The van der Waals surface area contributed by atoms with Crippen LogP contribution >= 0.6 is 11.8 Å². The van der Waals surface area contributed by atoms with Crippen LogP contribution in [0.25, 0.3) is 0 Å². The molecule has 0 aromatic heterocycles. The largest absolute Gasteiger partial charge is 0.481 e. The summed E-state index contributed by atoms with van der Waals surface area (Å²) in [5.74, 6) is -0.923. The molecule has 0 aliphatic carbocycles. The van der Waals surface area contributed by atoms with Crippen LogP contribution in [0.15, 0.2) is 0 Å². The van der Waals surface area contributed by atoms with Gasteiger partial charge in [0.15, 0.2) is 0 Å². The number of carboxylic acid groups (broad SMARTS) is 1. The maximum Gasteiger partial charge on any atom is 0.303 e. The van der Waals surface area contributed by atoms with E-state index in [9.17, 15) is 14.7 Å². The van der Waals surface area contributed by atoms with Crippen LogP contribution in [0.5, 0.6) is 0 Å². The molecule has 0 heterocycles. The van der Waals surface area contributed by atoms with E-state index in [-0.39, 0.29) is 19.4 Å². The predicted octanol–water partition coefficient (Wildman–Crippen LogP) is -0.591. The van der Waals surface area contributed by atoms with Crippen LogP contribution < -0.4 is 11.1 Å². The molecule has 0 aromatic carbocycles. The molecular weight excluding hydrogens is 244 g/mol. The van der Waals surface area contributed by atoms with E-state index < -0.39 is 23.5 Å². The lowest BCUT2D eigenvalue weighted by Gasteiger charge is -2.23. The number of amides is 1. The Labute approximate surface area is 105 Å². The van der Waals surface area contributed by atoms with Crippen molar-refractivity contribution < 1.29 is 19.8 Å². The lowest BCUT2D eigenvalue weighted by molar-refractivity contribution is -0.137. The molecule has 2 atom stereocenters. The Bertz CT molecular complexity index is 271. The minimum Gasteiger partial charge on any atom is -0.481 e. The Hall–Kier alpha value is -0.790. The maximum atomic E-state index is 11.5. The van der Waals surface area contributed by atoms with E-state index in [0.29, 0.717) is 5.75 Å². The van der Waals surface area contributed by atoms with Crippen molar-refractivity contribution in [3.05, 3.63) is 0 Å². The van der Waals surface area contributed by atoms with Gasteiger partial charge in [-0.05, 0) is 19.6 Å². The molecule has 6 nitrogen and oxygen atoms in total. The third kappa shape index (κ3) is 8.00. The molecule has 0 saturated carbocycles. The minimum absolute atomic E-state index is 0.0891. The van der Waals surface area contributed by atoms with Crippen LogP contribution in [0, 0.1) is 0 Å². The molecule has 1 amide bonds. The second kappa shape index (κ2) is 7.52. The van der Waals surface area contributed by atoms with E-state index in [4.69, 9.17) is 10.8 Å². The molecule has 100 valence electrons. The second-order valence-corrected chi connectivity index (χ2v) is 5.05. The quantitative estimate of drug-likeness (QED) is 0.466. The van der Waals surface area contributed by atoms with Crippen molar-refractivity contribution in [3.63, 3.8) is 0 Å². The molecule has 0 radical (unpaired) electrons. The van der Waals surface area contributed by atoms with Gasteiger partial charge in [0.25, 0.3) is 0 Å². The zero-order chi connectivity index (χ0) is 13.5. The molecule has 0 spiro atoms. The molecule has 0 aromatic rings. The number of carbonyl (C=O) groups excluding carboxylic acids is 1. The number of nitrogens with two attached hydrogens (primary N) is 1. The number of nitrogens with one attached hydrogen (secondary N) is 1. The number of aliphatic hydroxyl groups is 1. The third-order valence-electron chi connectivity index (χ3n) is 2.10. The fourth-order valence-electron chi connectivity index (χ4n) is 1.18. The number of rotatable bonds is 8. The van der Waals surface area contributed by atoms with E-state index in [1.165, 1.54) is 11.8 Å². The summed E-state index contributed by atoms with van der Waals surface area (Å²) in [7, 11) is 0. The Kier molecular flexibility index (Phi) is 7.17. The van der Waals surface area contributed by atoms with E-state index in [1.807, 2.05) is 6.26 Å². The molecule has 0 rings (SSSR count). The molecule has 2 unspecified atom stereocenters. The zero-order valence-electron chi connectivity index (χ0n) is 10.1. The standard InChI is InChI=1S/C10H20N2O4S/c1-10(16,6-17-2)5-12-9(15)7(11)3-4-8(13)14/h7,16H,3-6,11H2,1-2H3,(H,12,15)(H,13,14). The number of carbonyl (C=O) groups is 2. The summed E-state index contributed by atoms with van der Waals surface area (Å²) in [5.41, 5.74) is 4.52. The van der Waals surface area contributed by atoms with Crippen molar-refractivity contribution in [3.8, 4) is 0 Å². The van der Waals surface area contributed by atoms with Crippen molar-refractivity contribution in [2.45, 2.75) is 31.4 Å². The zero-order valence-corrected chi connectivity index (χ0v) is 10.9. The normalized spacial score (nSPS) is 16.0. The topological polar surface area (TPSA) is 113 Å². The van der Waals surface area contributed by atoms with E-state index in [2.05, 4.69) is 5.32 Å². The number of hydrogen-bond acceptors (Lipinski definition) is 5. The predicted molar refractivity (Wildman–Crippen MR) is 66.9 cm³/mol. The lowest BCUT2D eigenvalue weighted by Crippen LogP contribution is -2.48. The highest BCUT2D eigenvalue weighted by Crippen LogP contribution is 2.09. The van der Waals surface area contributed by atoms with Gasteiger partial charge in [0.1, 0.15) is 0 Å². The Morgan fingerprint density at radius 3 is 2.59 bits per heavy atom. The average molecular weight is 264 g/mol. The molecule has 0 aliphatic rings. The summed E-state index contributed by atoms with van der Waals surface area (Å²) in [4.78, 5) is 21.8. The van der Waals surface area contributed by atoms with Crippen molar-refractivity contribution in [1.29, 1.82) is 0 Å². The van der Waals surface area contributed by atoms with Gasteiger partial charge in [0, 0.05) is 18.7 Å². The van der Waals surface area contributed by atoms with Crippen molar-refractivity contribution in [2.75, 3.05) is 18.6 Å². The molecule has 5 N–H and O–H groups in total. The van der Waals surface area contributed by atoms with Crippen molar-refractivity contribution in [2.24, 2.45) is 5.73 Å². The molecule has 0 fully saturated rings. The van der Waals surface area contributed by atoms with Gasteiger partial charge >= 0.3 is 5.97 Å². The van der Waals surface area contributed by atoms with Gasteiger partial charge in [0.2, 0.25) is 5.91 Å². The van der Waals surface area contributed by atoms with Crippen LogP contribution in [0.3, 0.4) is 0 Å².